The van der Waals surface area contributed by atoms with Crippen LogP contribution in [0.25, 0.3) is 0 Å². The van der Waals surface area contributed by atoms with Crippen LogP contribution in [0.5, 0.6) is 5.75 Å². The molecule has 4 nitrogen and oxygen atoms in total. The maximum atomic E-state index is 12.0. The minimum absolute atomic E-state index is 0.167. The first kappa shape index (κ1) is 12.4. The van der Waals surface area contributed by atoms with Gasteiger partial charge in [0.2, 0.25) is 0 Å². The zero-order valence-electron chi connectivity index (χ0n) is 9.92. The van der Waals surface area contributed by atoms with Gasteiger partial charge in [0.05, 0.1) is 16.8 Å². The van der Waals surface area contributed by atoms with E-state index in [1.54, 1.807) is 38.1 Å². The van der Waals surface area contributed by atoms with Gasteiger partial charge in [0.25, 0.3) is 0 Å². The number of hydrogen-bond donors (Lipinski definition) is 0. The highest BCUT2D eigenvalue weighted by molar-refractivity contribution is 7.92. The van der Waals surface area contributed by atoms with E-state index in [0.717, 1.165) is 6.61 Å². The van der Waals surface area contributed by atoms with E-state index in [1.165, 1.54) is 0 Å². The molecule has 0 N–H and O–H groups in total. The second-order valence-corrected chi connectivity index (χ2v) is 6.84. The van der Waals surface area contributed by atoms with Gasteiger partial charge in [-0.25, -0.2) is 8.42 Å². The van der Waals surface area contributed by atoms with Crippen molar-refractivity contribution in [2.24, 2.45) is 0 Å². The molecule has 1 saturated heterocycles. The normalized spacial score (nSPS) is 19.4. The number of hydrogen-bond acceptors (Lipinski definition) is 4. The molecule has 1 aliphatic rings. The third-order valence-electron chi connectivity index (χ3n) is 2.59. The first-order valence-corrected chi connectivity index (χ1v) is 7.13. The Labute approximate surface area is 101 Å². The van der Waals surface area contributed by atoms with Gasteiger partial charge >= 0.3 is 0 Å². The van der Waals surface area contributed by atoms with Crippen molar-refractivity contribution in [3.63, 3.8) is 0 Å². The molecule has 1 aliphatic heterocycles. The van der Waals surface area contributed by atoms with Crippen molar-refractivity contribution in [3.8, 4) is 5.75 Å². The molecule has 1 unspecified atom stereocenters. The van der Waals surface area contributed by atoms with E-state index in [4.69, 9.17) is 9.47 Å². The van der Waals surface area contributed by atoms with Gasteiger partial charge in [0.15, 0.2) is 9.84 Å². The molecule has 1 fully saturated rings. The van der Waals surface area contributed by atoms with Crippen molar-refractivity contribution in [1.82, 2.24) is 0 Å². The zero-order valence-corrected chi connectivity index (χ0v) is 10.7. The SMILES string of the molecule is CC(C)S(=O)(=O)c1cccc(OCC2CO2)c1. The van der Waals surface area contributed by atoms with E-state index < -0.39 is 15.1 Å². The van der Waals surface area contributed by atoms with Gasteiger partial charge in [0.1, 0.15) is 18.5 Å². The van der Waals surface area contributed by atoms with Crippen molar-refractivity contribution in [1.29, 1.82) is 0 Å². The molecule has 1 atom stereocenters. The lowest BCUT2D eigenvalue weighted by Crippen LogP contribution is -2.14. The van der Waals surface area contributed by atoms with Crippen molar-refractivity contribution in [2.45, 2.75) is 30.1 Å². The Morgan fingerprint density at radius 3 is 2.76 bits per heavy atom. The van der Waals surface area contributed by atoms with Gasteiger partial charge < -0.3 is 9.47 Å². The summed E-state index contributed by atoms with van der Waals surface area (Å²) in [5.41, 5.74) is 0. The van der Waals surface area contributed by atoms with Gasteiger partial charge in [0, 0.05) is 0 Å². The second kappa shape index (κ2) is 4.66. The highest BCUT2D eigenvalue weighted by atomic mass is 32.2. The third-order valence-corrected chi connectivity index (χ3v) is 4.75. The summed E-state index contributed by atoms with van der Waals surface area (Å²) >= 11 is 0. The molecule has 94 valence electrons. The van der Waals surface area contributed by atoms with Crippen molar-refractivity contribution < 1.29 is 17.9 Å². The van der Waals surface area contributed by atoms with Crippen LogP contribution in [-0.2, 0) is 14.6 Å². The molecule has 17 heavy (non-hydrogen) atoms. The van der Waals surface area contributed by atoms with Gasteiger partial charge in [-0.2, -0.15) is 0 Å². The summed E-state index contributed by atoms with van der Waals surface area (Å²) in [4.78, 5) is 0.307. The standard InChI is InChI=1S/C12H16O4S/c1-9(2)17(13,14)12-5-3-4-10(6-12)15-7-11-8-16-11/h3-6,9,11H,7-8H2,1-2H3. The molecular formula is C12H16O4S. The number of rotatable bonds is 5. The Bertz CT molecular complexity index is 489. The Balaban J connectivity index is 2.15. The highest BCUT2D eigenvalue weighted by Gasteiger charge is 2.24. The summed E-state index contributed by atoms with van der Waals surface area (Å²) in [5, 5.41) is -0.426. The van der Waals surface area contributed by atoms with Crippen molar-refractivity contribution >= 4 is 9.84 Å². The van der Waals surface area contributed by atoms with Crippen LogP contribution in [-0.4, -0.2) is 33.0 Å². The topological polar surface area (TPSA) is 55.9 Å². The molecule has 0 bridgehead atoms. The molecule has 1 aromatic rings. The predicted molar refractivity (Wildman–Crippen MR) is 64.0 cm³/mol. The lowest BCUT2D eigenvalue weighted by molar-refractivity contribution is 0.262. The molecule has 1 heterocycles. The minimum atomic E-state index is -3.23. The summed E-state index contributed by atoms with van der Waals surface area (Å²) in [5.74, 6) is 0.572. The van der Waals surface area contributed by atoms with Crippen LogP contribution in [0.15, 0.2) is 29.2 Å². The van der Waals surface area contributed by atoms with E-state index in [0.29, 0.717) is 17.3 Å². The average molecular weight is 256 g/mol. The van der Waals surface area contributed by atoms with Crippen molar-refractivity contribution in [2.75, 3.05) is 13.2 Å². The van der Waals surface area contributed by atoms with E-state index in [1.807, 2.05) is 0 Å². The predicted octanol–water partition coefficient (Wildman–Crippen LogP) is 1.65. The van der Waals surface area contributed by atoms with Crippen LogP contribution in [0.1, 0.15) is 13.8 Å². The van der Waals surface area contributed by atoms with E-state index in [2.05, 4.69) is 0 Å². The van der Waals surface area contributed by atoms with Crippen LogP contribution >= 0.6 is 0 Å². The van der Waals surface area contributed by atoms with Crippen LogP contribution in [0, 0.1) is 0 Å². The average Bonchev–Trinajstić information content (AvgIpc) is 3.10. The van der Waals surface area contributed by atoms with E-state index >= 15 is 0 Å². The highest BCUT2D eigenvalue weighted by Crippen LogP contribution is 2.22. The molecule has 0 aromatic heterocycles. The van der Waals surface area contributed by atoms with Crippen LogP contribution in [0.4, 0.5) is 0 Å². The minimum Gasteiger partial charge on any atom is -0.491 e. The van der Waals surface area contributed by atoms with E-state index in [-0.39, 0.29) is 6.10 Å². The fourth-order valence-corrected chi connectivity index (χ4v) is 2.46. The molecule has 0 saturated carbocycles. The monoisotopic (exact) mass is 256 g/mol. The first-order valence-electron chi connectivity index (χ1n) is 5.58. The molecule has 0 spiro atoms. The first-order chi connectivity index (χ1) is 8.00. The molecule has 0 amide bonds. The van der Waals surface area contributed by atoms with Gasteiger partial charge in [-0.3, -0.25) is 0 Å². The summed E-state index contributed by atoms with van der Waals surface area (Å²) in [7, 11) is -3.23. The second-order valence-electron chi connectivity index (χ2n) is 4.33. The summed E-state index contributed by atoms with van der Waals surface area (Å²) < 4.78 is 34.4. The molecular weight excluding hydrogens is 240 g/mol. The van der Waals surface area contributed by atoms with Crippen LogP contribution in [0.2, 0.25) is 0 Å². The van der Waals surface area contributed by atoms with Gasteiger partial charge in [-0.1, -0.05) is 6.07 Å². The number of sulfone groups is 1. The van der Waals surface area contributed by atoms with E-state index in [9.17, 15) is 8.42 Å². The fraction of sp³-hybridized carbons (Fsp3) is 0.500. The maximum absolute atomic E-state index is 12.0. The zero-order chi connectivity index (χ0) is 12.5. The summed E-state index contributed by atoms with van der Waals surface area (Å²) in [6, 6.07) is 6.60. The van der Waals surface area contributed by atoms with Gasteiger partial charge in [-0.05, 0) is 32.0 Å². The summed E-state index contributed by atoms with van der Waals surface area (Å²) in [6.45, 7) is 4.54. The molecule has 5 heteroatoms. The van der Waals surface area contributed by atoms with Gasteiger partial charge in [-0.15, -0.1) is 0 Å². The third kappa shape index (κ3) is 2.98. The maximum Gasteiger partial charge on any atom is 0.180 e. The quantitative estimate of drug-likeness (QED) is 0.752. The number of ether oxygens (including phenoxy) is 2. The lowest BCUT2D eigenvalue weighted by atomic mass is 10.3. The Kier molecular flexibility index (Phi) is 3.40. The lowest BCUT2D eigenvalue weighted by Gasteiger charge is -2.10. The molecule has 1 aromatic carbocycles. The molecule has 2 rings (SSSR count). The Morgan fingerprint density at radius 1 is 1.47 bits per heavy atom. The fourth-order valence-electron chi connectivity index (χ4n) is 1.37. The summed E-state index contributed by atoms with van der Waals surface area (Å²) in [6.07, 6.45) is 0.167. The largest absolute Gasteiger partial charge is 0.491 e. The number of benzene rings is 1. The smallest absolute Gasteiger partial charge is 0.180 e. The van der Waals surface area contributed by atoms with Crippen molar-refractivity contribution in [3.05, 3.63) is 24.3 Å². The Morgan fingerprint density at radius 2 is 2.18 bits per heavy atom. The Hall–Kier alpha value is -1.07. The molecule has 0 radical (unpaired) electrons. The van der Waals surface area contributed by atoms with Crippen LogP contribution in [0.3, 0.4) is 0 Å². The number of epoxide rings is 1. The van der Waals surface area contributed by atoms with Crippen LogP contribution < -0.4 is 4.74 Å². The molecule has 0 aliphatic carbocycles.